The van der Waals surface area contributed by atoms with Gasteiger partial charge in [0.05, 0.1) is 11.3 Å². The number of alkyl halides is 3. The molecule has 1 aromatic rings. The van der Waals surface area contributed by atoms with Gasteiger partial charge in [-0.25, -0.2) is 4.39 Å². The molecule has 0 fully saturated rings. The number of halogens is 4. The first-order chi connectivity index (χ1) is 8.41. The highest BCUT2D eigenvalue weighted by Crippen LogP contribution is 2.32. The van der Waals surface area contributed by atoms with E-state index in [9.17, 15) is 17.6 Å². The van der Waals surface area contributed by atoms with E-state index < -0.39 is 17.6 Å². The van der Waals surface area contributed by atoms with Crippen LogP contribution in [0.5, 0.6) is 0 Å². The highest BCUT2D eigenvalue weighted by atomic mass is 19.4. The molecular formula is C11H10F4N2O. The van der Waals surface area contributed by atoms with Gasteiger partial charge < -0.3 is 10.6 Å². The molecule has 3 nitrogen and oxygen atoms in total. The molecule has 0 radical (unpaired) electrons. The highest BCUT2D eigenvalue weighted by Gasteiger charge is 2.35. The summed E-state index contributed by atoms with van der Waals surface area (Å²) in [6.45, 7) is 0.223. The first-order valence-corrected chi connectivity index (χ1v) is 5.21. The molecule has 2 rings (SSSR count). The zero-order valence-electron chi connectivity index (χ0n) is 9.17. The standard InChI is InChI=1S/C11H10F4N2O/c12-9-2-1-6(3-8(9)11(13,14)15)10-4-7(5-16)18-17-10/h1-3,7H,4-5,16H2. The van der Waals surface area contributed by atoms with Crippen molar-refractivity contribution in [1.29, 1.82) is 0 Å². The van der Waals surface area contributed by atoms with Gasteiger partial charge in [0.2, 0.25) is 0 Å². The smallest absolute Gasteiger partial charge is 0.390 e. The van der Waals surface area contributed by atoms with E-state index in [0.29, 0.717) is 12.1 Å². The van der Waals surface area contributed by atoms with Gasteiger partial charge in [0, 0.05) is 18.5 Å². The molecule has 1 unspecified atom stereocenters. The maximum atomic E-state index is 13.1. The summed E-state index contributed by atoms with van der Waals surface area (Å²) in [5.74, 6) is -1.30. The molecule has 0 saturated heterocycles. The Kier molecular flexibility index (Phi) is 3.25. The van der Waals surface area contributed by atoms with Crippen molar-refractivity contribution in [3.8, 4) is 0 Å². The maximum Gasteiger partial charge on any atom is 0.419 e. The Balaban J connectivity index is 2.31. The van der Waals surface area contributed by atoms with Crippen molar-refractivity contribution in [2.24, 2.45) is 10.9 Å². The summed E-state index contributed by atoms with van der Waals surface area (Å²) < 4.78 is 50.7. The lowest BCUT2D eigenvalue weighted by Gasteiger charge is -2.09. The number of nitrogens with two attached hydrogens (primary N) is 1. The van der Waals surface area contributed by atoms with Gasteiger partial charge in [0.1, 0.15) is 11.9 Å². The van der Waals surface area contributed by atoms with Crippen molar-refractivity contribution in [3.63, 3.8) is 0 Å². The van der Waals surface area contributed by atoms with E-state index in [1.54, 1.807) is 0 Å². The Hall–Kier alpha value is -1.63. The zero-order chi connectivity index (χ0) is 13.3. The van der Waals surface area contributed by atoms with Crippen LogP contribution in [0.1, 0.15) is 17.5 Å². The van der Waals surface area contributed by atoms with Gasteiger partial charge in [-0.1, -0.05) is 11.2 Å². The van der Waals surface area contributed by atoms with Gasteiger partial charge in [0.25, 0.3) is 0 Å². The van der Waals surface area contributed by atoms with E-state index in [1.165, 1.54) is 6.07 Å². The summed E-state index contributed by atoms with van der Waals surface area (Å²) in [6, 6.07) is 2.75. The minimum Gasteiger partial charge on any atom is -0.390 e. The van der Waals surface area contributed by atoms with Crippen LogP contribution in [0.15, 0.2) is 23.4 Å². The fourth-order valence-electron chi connectivity index (χ4n) is 1.65. The van der Waals surface area contributed by atoms with Crippen molar-refractivity contribution in [2.45, 2.75) is 18.7 Å². The average Bonchev–Trinajstić information content (AvgIpc) is 2.76. The Labute approximate surface area is 100 Å². The second-order valence-electron chi connectivity index (χ2n) is 3.90. The molecule has 18 heavy (non-hydrogen) atoms. The van der Waals surface area contributed by atoms with Crippen LogP contribution >= 0.6 is 0 Å². The number of benzene rings is 1. The van der Waals surface area contributed by atoms with Crippen LogP contribution in [0.4, 0.5) is 17.6 Å². The number of hydrogen-bond acceptors (Lipinski definition) is 3. The Morgan fingerprint density at radius 2 is 2.11 bits per heavy atom. The summed E-state index contributed by atoms with van der Waals surface area (Å²) in [7, 11) is 0. The Bertz CT molecular complexity index is 484. The third-order valence-corrected chi connectivity index (χ3v) is 2.60. The average molecular weight is 262 g/mol. The molecule has 98 valence electrons. The molecule has 0 saturated carbocycles. The largest absolute Gasteiger partial charge is 0.419 e. The predicted octanol–water partition coefficient (Wildman–Crippen LogP) is 2.30. The molecule has 2 N–H and O–H groups in total. The van der Waals surface area contributed by atoms with Gasteiger partial charge in [-0.15, -0.1) is 0 Å². The first-order valence-electron chi connectivity index (χ1n) is 5.21. The lowest BCUT2D eigenvalue weighted by Crippen LogP contribution is -2.20. The van der Waals surface area contributed by atoms with Crippen molar-refractivity contribution in [3.05, 3.63) is 35.1 Å². The van der Waals surface area contributed by atoms with Crippen LogP contribution in [0.3, 0.4) is 0 Å². The van der Waals surface area contributed by atoms with Crippen LogP contribution in [-0.4, -0.2) is 18.4 Å². The normalized spacial score (nSPS) is 19.6. The maximum absolute atomic E-state index is 13.1. The zero-order valence-corrected chi connectivity index (χ0v) is 9.17. The van der Waals surface area contributed by atoms with Crippen LogP contribution in [0.2, 0.25) is 0 Å². The summed E-state index contributed by atoms with van der Waals surface area (Å²) in [5, 5.41) is 3.66. The summed E-state index contributed by atoms with van der Waals surface area (Å²) in [4.78, 5) is 4.91. The highest BCUT2D eigenvalue weighted by molar-refractivity contribution is 6.01. The SMILES string of the molecule is NCC1CC(c2ccc(F)c(C(F)(F)F)c2)=NO1. The minimum absolute atomic E-state index is 0.194. The summed E-state index contributed by atoms with van der Waals surface area (Å²) >= 11 is 0. The van der Waals surface area contributed by atoms with Crippen molar-refractivity contribution < 1.29 is 22.4 Å². The molecule has 1 aliphatic rings. The third kappa shape index (κ3) is 2.45. The fourth-order valence-corrected chi connectivity index (χ4v) is 1.65. The van der Waals surface area contributed by atoms with E-state index in [4.69, 9.17) is 10.6 Å². The van der Waals surface area contributed by atoms with Crippen molar-refractivity contribution >= 4 is 5.71 Å². The second-order valence-corrected chi connectivity index (χ2v) is 3.90. The molecular weight excluding hydrogens is 252 g/mol. The van der Waals surface area contributed by atoms with E-state index in [1.807, 2.05) is 0 Å². The van der Waals surface area contributed by atoms with Gasteiger partial charge in [0.15, 0.2) is 0 Å². The second kappa shape index (κ2) is 4.56. The minimum atomic E-state index is -4.73. The Morgan fingerprint density at radius 3 is 2.67 bits per heavy atom. The van der Waals surface area contributed by atoms with Gasteiger partial charge in [-0.2, -0.15) is 13.2 Å². The number of rotatable bonds is 2. The fraction of sp³-hybridized carbons (Fsp3) is 0.364. The topological polar surface area (TPSA) is 47.6 Å². The van der Waals surface area contributed by atoms with Crippen LogP contribution in [0, 0.1) is 5.82 Å². The number of nitrogens with zero attached hydrogens (tertiary/aromatic N) is 1. The van der Waals surface area contributed by atoms with Crippen LogP contribution in [-0.2, 0) is 11.0 Å². The van der Waals surface area contributed by atoms with Gasteiger partial charge >= 0.3 is 6.18 Å². The van der Waals surface area contributed by atoms with Crippen molar-refractivity contribution in [1.82, 2.24) is 0 Å². The van der Waals surface area contributed by atoms with E-state index in [2.05, 4.69) is 5.16 Å². The molecule has 0 bridgehead atoms. The molecule has 7 heteroatoms. The quantitative estimate of drug-likeness (QED) is 0.831. The van der Waals surface area contributed by atoms with E-state index in [0.717, 1.165) is 12.1 Å². The summed E-state index contributed by atoms with van der Waals surface area (Å²) in [5.41, 5.74) is 4.59. The number of hydrogen-bond donors (Lipinski definition) is 1. The molecule has 1 aliphatic heterocycles. The predicted molar refractivity (Wildman–Crippen MR) is 56.5 cm³/mol. The molecule has 0 amide bonds. The molecule has 1 aromatic carbocycles. The van der Waals surface area contributed by atoms with Crippen LogP contribution < -0.4 is 5.73 Å². The molecule has 1 atom stereocenters. The molecule has 1 heterocycles. The van der Waals surface area contributed by atoms with Gasteiger partial charge in [-0.05, 0) is 12.1 Å². The first kappa shape index (κ1) is 12.8. The van der Waals surface area contributed by atoms with E-state index >= 15 is 0 Å². The molecule has 0 aliphatic carbocycles. The number of oxime groups is 1. The lowest BCUT2D eigenvalue weighted by molar-refractivity contribution is -0.140. The third-order valence-electron chi connectivity index (χ3n) is 2.60. The van der Waals surface area contributed by atoms with Gasteiger partial charge in [-0.3, -0.25) is 0 Å². The molecule has 0 aromatic heterocycles. The Morgan fingerprint density at radius 1 is 1.39 bits per heavy atom. The van der Waals surface area contributed by atoms with E-state index in [-0.39, 0.29) is 18.2 Å². The molecule has 0 spiro atoms. The monoisotopic (exact) mass is 262 g/mol. The van der Waals surface area contributed by atoms with Crippen LogP contribution in [0.25, 0.3) is 0 Å². The summed E-state index contributed by atoms with van der Waals surface area (Å²) in [6.07, 6.45) is -4.74. The van der Waals surface area contributed by atoms with Crippen molar-refractivity contribution in [2.75, 3.05) is 6.54 Å². The lowest BCUT2D eigenvalue weighted by atomic mass is 10.0.